The number of nitrogens with zero attached hydrogens (tertiary/aromatic N) is 2. The molecule has 1 aromatic carbocycles. The summed E-state index contributed by atoms with van der Waals surface area (Å²) in [7, 11) is 0. The fourth-order valence-corrected chi connectivity index (χ4v) is 2.33. The Morgan fingerprint density at radius 1 is 1.17 bits per heavy atom. The fraction of sp³-hybridized carbons (Fsp3) is 0.308. The summed E-state index contributed by atoms with van der Waals surface area (Å²) in [6.45, 7) is 4.05. The quantitative estimate of drug-likeness (QED) is 0.690. The molecule has 0 amide bonds. The smallest absolute Gasteiger partial charge is 0.0650 e. The van der Waals surface area contributed by atoms with E-state index >= 15 is 0 Å². The topological polar surface area (TPSA) is 70.0 Å². The first-order chi connectivity index (χ1) is 8.84. The average Bonchev–Trinajstić information content (AvgIpc) is 2.93. The molecule has 1 aliphatic heterocycles. The molecule has 0 atom stereocenters. The van der Waals surface area contributed by atoms with Crippen LogP contribution in [0.25, 0.3) is 11.3 Å². The van der Waals surface area contributed by atoms with Crippen molar-refractivity contribution in [2.45, 2.75) is 0 Å². The third-order valence-corrected chi connectivity index (χ3v) is 3.30. The number of hydrogen-bond acceptors (Lipinski definition) is 4. The molecule has 2 heterocycles. The second kappa shape index (κ2) is 4.70. The van der Waals surface area contributed by atoms with Crippen LogP contribution >= 0.6 is 0 Å². The minimum Gasteiger partial charge on any atom is -0.397 e. The summed E-state index contributed by atoms with van der Waals surface area (Å²) in [5.74, 6) is 0. The second-order valence-electron chi connectivity index (χ2n) is 4.48. The van der Waals surface area contributed by atoms with E-state index in [9.17, 15) is 0 Å². The first-order valence-corrected chi connectivity index (χ1v) is 6.19. The number of nitrogen functional groups attached to an aromatic ring is 1. The van der Waals surface area contributed by atoms with Crippen molar-refractivity contribution in [3.8, 4) is 11.3 Å². The largest absolute Gasteiger partial charge is 0.397 e. The van der Waals surface area contributed by atoms with Crippen molar-refractivity contribution in [3.63, 3.8) is 0 Å². The van der Waals surface area contributed by atoms with Crippen LogP contribution in [0.5, 0.6) is 0 Å². The van der Waals surface area contributed by atoms with Gasteiger partial charge in [0.05, 0.1) is 17.1 Å². The average molecular weight is 243 g/mol. The molecular formula is C13H17N5. The highest BCUT2D eigenvalue weighted by atomic mass is 15.2. The molecule has 1 fully saturated rings. The van der Waals surface area contributed by atoms with E-state index in [1.54, 1.807) is 6.20 Å². The molecule has 0 aliphatic carbocycles. The van der Waals surface area contributed by atoms with E-state index in [-0.39, 0.29) is 0 Å². The summed E-state index contributed by atoms with van der Waals surface area (Å²) in [5.41, 5.74) is 10.2. The Hall–Kier alpha value is -2.01. The van der Waals surface area contributed by atoms with E-state index in [1.165, 1.54) is 0 Å². The summed E-state index contributed by atoms with van der Waals surface area (Å²) >= 11 is 0. The van der Waals surface area contributed by atoms with Gasteiger partial charge in [-0.3, -0.25) is 5.10 Å². The third kappa shape index (κ3) is 2.04. The van der Waals surface area contributed by atoms with Crippen molar-refractivity contribution in [2.75, 3.05) is 36.8 Å². The lowest BCUT2D eigenvalue weighted by atomic mass is 10.1. The molecule has 0 unspecified atom stereocenters. The van der Waals surface area contributed by atoms with Gasteiger partial charge in [-0.05, 0) is 18.2 Å². The normalized spacial score (nSPS) is 15.9. The molecule has 1 saturated heterocycles. The van der Waals surface area contributed by atoms with Crippen LogP contribution in [0.3, 0.4) is 0 Å². The molecule has 5 heteroatoms. The molecule has 0 radical (unpaired) electrons. The van der Waals surface area contributed by atoms with Crippen LogP contribution in [0, 0.1) is 0 Å². The van der Waals surface area contributed by atoms with Crippen LogP contribution < -0.4 is 16.0 Å². The van der Waals surface area contributed by atoms with Crippen LogP contribution in [-0.2, 0) is 0 Å². The van der Waals surface area contributed by atoms with Crippen molar-refractivity contribution in [2.24, 2.45) is 0 Å². The summed E-state index contributed by atoms with van der Waals surface area (Å²) in [4.78, 5) is 2.32. The number of piperazine rings is 1. The van der Waals surface area contributed by atoms with Crippen LogP contribution in [0.15, 0.2) is 30.5 Å². The van der Waals surface area contributed by atoms with Gasteiger partial charge in [-0.15, -0.1) is 0 Å². The Morgan fingerprint density at radius 2 is 2.00 bits per heavy atom. The van der Waals surface area contributed by atoms with E-state index in [2.05, 4.69) is 32.5 Å². The maximum absolute atomic E-state index is 6.16. The predicted molar refractivity (Wildman–Crippen MR) is 73.5 cm³/mol. The molecule has 0 bridgehead atoms. The number of nitrogens with one attached hydrogen (secondary N) is 2. The number of aromatic nitrogens is 2. The number of hydrogen-bond donors (Lipinski definition) is 3. The first-order valence-electron chi connectivity index (χ1n) is 6.19. The fourth-order valence-electron chi connectivity index (χ4n) is 2.33. The van der Waals surface area contributed by atoms with Gasteiger partial charge < -0.3 is 16.0 Å². The minimum atomic E-state index is 0.823. The Labute approximate surface area is 106 Å². The monoisotopic (exact) mass is 243 g/mol. The van der Waals surface area contributed by atoms with Gasteiger partial charge in [-0.2, -0.15) is 5.10 Å². The van der Waals surface area contributed by atoms with Gasteiger partial charge in [-0.1, -0.05) is 6.07 Å². The van der Waals surface area contributed by atoms with Gasteiger partial charge in [0, 0.05) is 37.9 Å². The second-order valence-corrected chi connectivity index (χ2v) is 4.48. The molecule has 2 aromatic rings. The number of benzene rings is 1. The van der Waals surface area contributed by atoms with Crippen molar-refractivity contribution >= 4 is 11.4 Å². The summed E-state index contributed by atoms with van der Waals surface area (Å²) in [6.07, 6.45) is 1.75. The molecule has 1 aliphatic rings. The lowest BCUT2D eigenvalue weighted by molar-refractivity contribution is 0.590. The lowest BCUT2D eigenvalue weighted by Gasteiger charge is -2.30. The van der Waals surface area contributed by atoms with E-state index in [0.717, 1.165) is 48.8 Å². The summed E-state index contributed by atoms with van der Waals surface area (Å²) in [6, 6.07) is 8.13. The van der Waals surface area contributed by atoms with Crippen LogP contribution in [0.4, 0.5) is 11.4 Å². The molecule has 18 heavy (non-hydrogen) atoms. The number of rotatable bonds is 2. The molecule has 4 N–H and O–H groups in total. The van der Waals surface area contributed by atoms with Crippen LogP contribution in [-0.4, -0.2) is 36.4 Å². The van der Waals surface area contributed by atoms with Gasteiger partial charge in [-0.25, -0.2) is 0 Å². The number of anilines is 2. The molecule has 0 saturated carbocycles. The zero-order chi connectivity index (χ0) is 12.4. The van der Waals surface area contributed by atoms with E-state index < -0.39 is 0 Å². The highest BCUT2D eigenvalue weighted by Crippen LogP contribution is 2.28. The lowest BCUT2D eigenvalue weighted by Crippen LogP contribution is -2.43. The maximum Gasteiger partial charge on any atom is 0.0650 e. The standard InChI is InChI=1S/C13H17N5/c14-11-9-10(12-3-4-16-17-12)1-2-13(11)18-7-5-15-6-8-18/h1-4,9,15H,5-8,14H2,(H,16,17). The van der Waals surface area contributed by atoms with Gasteiger partial charge in [0.25, 0.3) is 0 Å². The number of aromatic amines is 1. The van der Waals surface area contributed by atoms with Crippen molar-refractivity contribution in [1.29, 1.82) is 0 Å². The Balaban J connectivity index is 1.89. The SMILES string of the molecule is Nc1cc(-c2ccn[nH]2)ccc1N1CCNCC1. The number of H-pyrrole nitrogens is 1. The van der Waals surface area contributed by atoms with Crippen LogP contribution in [0.2, 0.25) is 0 Å². The van der Waals surface area contributed by atoms with Crippen molar-refractivity contribution in [3.05, 3.63) is 30.5 Å². The Morgan fingerprint density at radius 3 is 2.67 bits per heavy atom. The zero-order valence-corrected chi connectivity index (χ0v) is 10.2. The van der Waals surface area contributed by atoms with Gasteiger partial charge in [0.15, 0.2) is 0 Å². The Bertz CT molecular complexity index is 514. The van der Waals surface area contributed by atoms with Crippen molar-refractivity contribution < 1.29 is 0 Å². The van der Waals surface area contributed by atoms with E-state index in [4.69, 9.17) is 5.73 Å². The van der Waals surface area contributed by atoms with E-state index in [0.29, 0.717) is 0 Å². The molecule has 94 valence electrons. The van der Waals surface area contributed by atoms with Gasteiger partial charge >= 0.3 is 0 Å². The zero-order valence-electron chi connectivity index (χ0n) is 10.2. The molecule has 0 spiro atoms. The predicted octanol–water partition coefficient (Wildman–Crippen LogP) is 1.07. The minimum absolute atomic E-state index is 0.823. The van der Waals surface area contributed by atoms with Gasteiger partial charge in [0.2, 0.25) is 0 Å². The number of nitrogens with two attached hydrogens (primary N) is 1. The highest BCUT2D eigenvalue weighted by Gasteiger charge is 2.13. The molecule has 1 aromatic heterocycles. The third-order valence-electron chi connectivity index (χ3n) is 3.30. The Kier molecular flexibility index (Phi) is 2.90. The van der Waals surface area contributed by atoms with Gasteiger partial charge in [0.1, 0.15) is 0 Å². The maximum atomic E-state index is 6.16. The molecule has 3 rings (SSSR count). The van der Waals surface area contributed by atoms with E-state index in [1.807, 2.05) is 12.1 Å². The van der Waals surface area contributed by atoms with Crippen LogP contribution in [0.1, 0.15) is 0 Å². The molecular weight excluding hydrogens is 226 g/mol. The first kappa shape index (κ1) is 11.1. The molecule has 5 nitrogen and oxygen atoms in total. The summed E-state index contributed by atoms with van der Waals surface area (Å²) < 4.78 is 0. The highest BCUT2D eigenvalue weighted by molar-refractivity contribution is 5.75. The summed E-state index contributed by atoms with van der Waals surface area (Å²) in [5, 5.41) is 10.2. The van der Waals surface area contributed by atoms with Crippen molar-refractivity contribution in [1.82, 2.24) is 15.5 Å².